The molecule has 1 aliphatic carbocycles. The lowest BCUT2D eigenvalue weighted by Crippen LogP contribution is -2.52. The molecule has 42 heavy (non-hydrogen) atoms. The lowest BCUT2D eigenvalue weighted by molar-refractivity contribution is -0.141. The van der Waals surface area contributed by atoms with Crippen molar-refractivity contribution < 1.29 is 24.2 Å². The minimum atomic E-state index is -1.25. The fraction of sp³-hybridized carbons (Fsp3) is 0.419. The van der Waals surface area contributed by atoms with Gasteiger partial charge in [0, 0.05) is 55.2 Å². The number of urea groups is 1. The first-order valence-electron chi connectivity index (χ1n) is 14.4. The first kappa shape index (κ1) is 29.0. The number of carboxylic acids is 1. The van der Waals surface area contributed by atoms with E-state index in [1.54, 1.807) is 26.1 Å². The molecular formula is C31H38N6O5. The Balaban J connectivity index is 1.18. The molecule has 3 aromatic rings. The summed E-state index contributed by atoms with van der Waals surface area (Å²) in [6.45, 7) is 4.80. The van der Waals surface area contributed by atoms with E-state index >= 15 is 0 Å². The van der Waals surface area contributed by atoms with E-state index in [1.807, 2.05) is 29.3 Å². The Morgan fingerprint density at radius 3 is 2.60 bits per heavy atom. The molecule has 1 atom stereocenters. The second-order valence-electron chi connectivity index (χ2n) is 11.5. The van der Waals surface area contributed by atoms with Crippen molar-refractivity contribution in [2.45, 2.75) is 63.8 Å². The third-order valence-electron chi connectivity index (χ3n) is 7.64. The predicted molar refractivity (Wildman–Crippen MR) is 158 cm³/mol. The van der Waals surface area contributed by atoms with Gasteiger partial charge in [-0.1, -0.05) is 30.3 Å². The summed E-state index contributed by atoms with van der Waals surface area (Å²) in [6.07, 6.45) is 7.52. The number of hydrogen-bond donors (Lipinski definition) is 4. The number of carbonyl (C=O) groups excluding carboxylic acids is 2. The quantitative estimate of drug-likeness (QED) is 0.273. The minimum absolute atomic E-state index is 0.00113. The van der Waals surface area contributed by atoms with E-state index in [4.69, 9.17) is 9.84 Å². The molecule has 5 rings (SSSR count). The molecule has 222 valence electrons. The lowest BCUT2D eigenvalue weighted by atomic mass is 10.0. The van der Waals surface area contributed by atoms with Gasteiger partial charge in [0.2, 0.25) is 0 Å². The van der Waals surface area contributed by atoms with Crippen molar-refractivity contribution in [1.82, 2.24) is 25.7 Å². The standard InChI is InChI=1S/C31H38N6O5/c1-31(2,29(40)32-18-28(38)39)42-27-7-3-6-26(15-27)36-14-4-5-24(20-36)35-30(41)37(25-12-13-25)19-21-8-10-22(11-9-21)23-16-33-34-17-23/h3,6-11,15-17,24-25H,4-5,12-14,18-20H2,1-2H3,(H,32,40)(H,33,34)(H,35,41)(H,38,39)/t24-/m1/s1. The molecular weight excluding hydrogens is 536 g/mol. The van der Waals surface area contributed by atoms with Crippen molar-refractivity contribution in [3.63, 3.8) is 0 Å². The van der Waals surface area contributed by atoms with Crippen LogP contribution in [-0.4, -0.2) is 75.4 Å². The Kier molecular flexibility index (Phi) is 8.65. The van der Waals surface area contributed by atoms with Gasteiger partial charge < -0.3 is 30.3 Å². The van der Waals surface area contributed by atoms with Crippen LogP contribution < -0.4 is 20.3 Å². The van der Waals surface area contributed by atoms with Crippen LogP contribution in [0.4, 0.5) is 10.5 Å². The number of aliphatic carboxylic acids is 1. The van der Waals surface area contributed by atoms with Crippen LogP contribution in [0.3, 0.4) is 0 Å². The number of ether oxygens (including phenoxy) is 1. The second kappa shape index (κ2) is 12.5. The van der Waals surface area contributed by atoms with Crippen LogP contribution in [0.15, 0.2) is 60.9 Å². The molecule has 2 aromatic carbocycles. The van der Waals surface area contributed by atoms with Gasteiger partial charge in [-0.25, -0.2) is 4.79 Å². The van der Waals surface area contributed by atoms with Gasteiger partial charge in [0.15, 0.2) is 5.60 Å². The molecule has 11 nitrogen and oxygen atoms in total. The Bertz CT molecular complexity index is 1390. The van der Waals surface area contributed by atoms with E-state index in [-0.39, 0.29) is 18.1 Å². The molecule has 2 aliphatic rings. The topological polar surface area (TPSA) is 140 Å². The molecule has 0 radical (unpaired) electrons. The van der Waals surface area contributed by atoms with Gasteiger partial charge in [-0.3, -0.25) is 14.7 Å². The number of hydrogen-bond acceptors (Lipinski definition) is 6. The van der Waals surface area contributed by atoms with Crippen LogP contribution >= 0.6 is 0 Å². The van der Waals surface area contributed by atoms with Crippen molar-refractivity contribution in [2.75, 3.05) is 24.5 Å². The van der Waals surface area contributed by atoms with Crippen LogP contribution in [0.1, 0.15) is 45.1 Å². The number of carboxylic acid groups (broad SMARTS) is 1. The van der Waals surface area contributed by atoms with E-state index in [1.165, 1.54) is 0 Å². The summed E-state index contributed by atoms with van der Waals surface area (Å²) in [5, 5.41) is 21.4. The minimum Gasteiger partial charge on any atom is -0.480 e. The van der Waals surface area contributed by atoms with Gasteiger partial charge in [0.05, 0.1) is 6.20 Å². The molecule has 1 saturated heterocycles. The summed E-state index contributed by atoms with van der Waals surface area (Å²) in [7, 11) is 0. The van der Waals surface area contributed by atoms with Crippen LogP contribution in [-0.2, 0) is 16.1 Å². The summed E-state index contributed by atoms with van der Waals surface area (Å²) >= 11 is 0. The van der Waals surface area contributed by atoms with Crippen LogP contribution in [0.2, 0.25) is 0 Å². The zero-order chi connectivity index (χ0) is 29.7. The van der Waals surface area contributed by atoms with Crippen molar-refractivity contribution in [3.05, 3.63) is 66.5 Å². The fourth-order valence-corrected chi connectivity index (χ4v) is 5.20. The van der Waals surface area contributed by atoms with Gasteiger partial charge in [-0.2, -0.15) is 5.10 Å². The third-order valence-corrected chi connectivity index (χ3v) is 7.64. The van der Waals surface area contributed by atoms with Crippen LogP contribution in [0, 0.1) is 0 Å². The number of piperidine rings is 1. The van der Waals surface area contributed by atoms with Crippen LogP contribution in [0.25, 0.3) is 11.1 Å². The largest absolute Gasteiger partial charge is 0.480 e. The van der Waals surface area contributed by atoms with Crippen molar-refractivity contribution in [3.8, 4) is 16.9 Å². The van der Waals surface area contributed by atoms with Crippen molar-refractivity contribution in [1.29, 1.82) is 0 Å². The monoisotopic (exact) mass is 574 g/mol. The highest BCUT2D eigenvalue weighted by Crippen LogP contribution is 2.30. The highest BCUT2D eigenvalue weighted by atomic mass is 16.5. The number of carbonyl (C=O) groups is 3. The van der Waals surface area contributed by atoms with Gasteiger partial charge in [-0.15, -0.1) is 0 Å². The molecule has 0 spiro atoms. The van der Waals surface area contributed by atoms with Gasteiger partial charge in [-0.05, 0) is 62.8 Å². The third kappa shape index (κ3) is 7.39. The Morgan fingerprint density at radius 1 is 1.12 bits per heavy atom. The first-order valence-corrected chi connectivity index (χ1v) is 14.4. The van der Waals surface area contributed by atoms with E-state index in [2.05, 4.69) is 50.0 Å². The number of H-pyrrole nitrogens is 1. The van der Waals surface area contributed by atoms with Crippen LogP contribution in [0.5, 0.6) is 5.75 Å². The highest BCUT2D eigenvalue weighted by molar-refractivity contribution is 5.87. The number of benzene rings is 2. The number of nitrogens with one attached hydrogen (secondary N) is 3. The zero-order valence-corrected chi connectivity index (χ0v) is 24.0. The number of rotatable bonds is 11. The number of aromatic amines is 1. The van der Waals surface area contributed by atoms with Gasteiger partial charge in [0.25, 0.3) is 5.91 Å². The molecule has 11 heteroatoms. The fourth-order valence-electron chi connectivity index (χ4n) is 5.20. The molecule has 2 heterocycles. The van der Waals surface area contributed by atoms with Crippen molar-refractivity contribution in [2.24, 2.45) is 0 Å². The molecule has 1 aliphatic heterocycles. The molecule has 1 aromatic heterocycles. The second-order valence-corrected chi connectivity index (χ2v) is 11.5. The first-order chi connectivity index (χ1) is 20.2. The molecule has 1 saturated carbocycles. The summed E-state index contributed by atoms with van der Waals surface area (Å²) in [5.41, 5.74) is 2.88. The maximum atomic E-state index is 13.5. The normalized spacial score (nSPS) is 16.9. The summed E-state index contributed by atoms with van der Waals surface area (Å²) in [4.78, 5) is 40.9. The Morgan fingerprint density at radius 2 is 1.90 bits per heavy atom. The summed E-state index contributed by atoms with van der Waals surface area (Å²) in [6, 6.07) is 16.0. The average Bonchev–Trinajstić information content (AvgIpc) is 3.67. The summed E-state index contributed by atoms with van der Waals surface area (Å²) < 4.78 is 5.96. The van der Waals surface area contributed by atoms with E-state index < -0.39 is 24.0 Å². The maximum absolute atomic E-state index is 13.5. The number of nitrogens with zero attached hydrogens (tertiary/aromatic N) is 3. The van der Waals surface area contributed by atoms with Gasteiger partial charge >= 0.3 is 12.0 Å². The number of aromatic nitrogens is 2. The Hall–Kier alpha value is -4.54. The van der Waals surface area contributed by atoms with Crippen molar-refractivity contribution >= 4 is 23.6 Å². The highest BCUT2D eigenvalue weighted by Gasteiger charge is 2.34. The SMILES string of the molecule is CC(C)(Oc1cccc(N2CCC[C@@H](NC(=O)N(Cc3ccc(-c4cn[nH]c4)cc3)C3CC3)C2)c1)C(=O)NCC(=O)O. The average molecular weight is 575 g/mol. The molecule has 3 amide bonds. The smallest absolute Gasteiger partial charge is 0.322 e. The van der Waals surface area contributed by atoms with E-state index in [0.717, 1.165) is 54.6 Å². The van der Waals surface area contributed by atoms with E-state index in [9.17, 15) is 14.4 Å². The number of amides is 3. The zero-order valence-electron chi connectivity index (χ0n) is 24.0. The predicted octanol–water partition coefficient (Wildman–Crippen LogP) is 3.78. The van der Waals surface area contributed by atoms with Gasteiger partial charge in [0.1, 0.15) is 12.3 Å². The molecule has 2 fully saturated rings. The maximum Gasteiger partial charge on any atom is 0.322 e. The molecule has 4 N–H and O–H groups in total. The Labute approximate surface area is 245 Å². The lowest BCUT2D eigenvalue weighted by Gasteiger charge is -2.36. The number of anilines is 1. The van der Waals surface area contributed by atoms with E-state index in [0.29, 0.717) is 18.8 Å². The molecule has 0 unspecified atom stereocenters. The summed E-state index contributed by atoms with van der Waals surface area (Å²) in [5.74, 6) is -1.12. The molecule has 0 bridgehead atoms.